The van der Waals surface area contributed by atoms with Crippen LogP contribution in [-0.4, -0.2) is 11.5 Å². The quantitative estimate of drug-likeness (QED) is 0.776. The Kier molecular flexibility index (Phi) is 6.22. The van der Waals surface area contributed by atoms with Gasteiger partial charge >= 0.3 is 0 Å². The first-order valence-corrected chi connectivity index (χ1v) is 7.79. The van der Waals surface area contributed by atoms with E-state index >= 15 is 0 Å². The molecule has 0 amide bonds. The zero-order valence-corrected chi connectivity index (χ0v) is 12.8. The predicted octanol–water partition coefficient (Wildman–Crippen LogP) is 3.73. The Bertz CT molecular complexity index is 525. The van der Waals surface area contributed by atoms with Crippen molar-refractivity contribution in [1.29, 1.82) is 0 Å². The number of hydrogen-bond donors (Lipinski definition) is 2. The van der Waals surface area contributed by atoms with E-state index < -0.39 is 0 Å². The van der Waals surface area contributed by atoms with Crippen LogP contribution in [0.3, 0.4) is 0 Å². The average molecular weight is 283 g/mol. The molecule has 0 aliphatic heterocycles. The van der Waals surface area contributed by atoms with Gasteiger partial charge in [-0.1, -0.05) is 43.3 Å². The van der Waals surface area contributed by atoms with Crippen LogP contribution < -0.4 is 11.1 Å². The smallest absolute Gasteiger partial charge is 0.126 e. The summed E-state index contributed by atoms with van der Waals surface area (Å²) >= 11 is 0. The van der Waals surface area contributed by atoms with Crippen molar-refractivity contribution in [3.8, 4) is 0 Å². The number of aryl methyl sites for hydroxylation is 1. The third kappa shape index (κ3) is 4.87. The summed E-state index contributed by atoms with van der Waals surface area (Å²) in [6, 6.07) is 15.1. The topological polar surface area (TPSA) is 50.9 Å². The molecule has 0 saturated carbocycles. The second kappa shape index (κ2) is 8.42. The number of rotatable bonds is 8. The fourth-order valence-corrected chi connectivity index (χ4v) is 2.55. The molecule has 0 bridgehead atoms. The summed E-state index contributed by atoms with van der Waals surface area (Å²) in [5, 5.41) is 3.64. The van der Waals surface area contributed by atoms with Crippen molar-refractivity contribution in [2.75, 3.05) is 12.3 Å². The number of pyridine rings is 1. The van der Waals surface area contributed by atoms with Gasteiger partial charge in [0.2, 0.25) is 0 Å². The Labute approximate surface area is 127 Å². The first-order valence-electron chi connectivity index (χ1n) is 7.79. The molecule has 0 spiro atoms. The van der Waals surface area contributed by atoms with Crippen molar-refractivity contribution in [2.24, 2.45) is 0 Å². The van der Waals surface area contributed by atoms with Gasteiger partial charge in [-0.2, -0.15) is 0 Å². The fraction of sp³-hybridized carbons (Fsp3) is 0.389. The first kappa shape index (κ1) is 15.5. The van der Waals surface area contributed by atoms with E-state index in [2.05, 4.69) is 53.6 Å². The summed E-state index contributed by atoms with van der Waals surface area (Å²) in [4.78, 5) is 4.15. The average Bonchev–Trinajstić information content (AvgIpc) is 2.53. The molecule has 3 nitrogen and oxygen atoms in total. The minimum absolute atomic E-state index is 0.420. The molecule has 3 N–H and O–H groups in total. The van der Waals surface area contributed by atoms with E-state index in [4.69, 9.17) is 5.73 Å². The van der Waals surface area contributed by atoms with E-state index in [1.165, 1.54) is 5.56 Å². The molecule has 1 heterocycles. The van der Waals surface area contributed by atoms with Gasteiger partial charge in [0, 0.05) is 12.2 Å². The lowest BCUT2D eigenvalue weighted by atomic mass is 9.99. The molecule has 3 heteroatoms. The normalized spacial score (nSPS) is 12.2. The highest BCUT2D eigenvalue weighted by atomic mass is 14.9. The zero-order valence-electron chi connectivity index (χ0n) is 12.8. The molecule has 1 aromatic heterocycles. The van der Waals surface area contributed by atoms with Crippen molar-refractivity contribution in [3.63, 3.8) is 0 Å². The Morgan fingerprint density at radius 3 is 2.67 bits per heavy atom. The number of nitrogens with two attached hydrogens (primary N) is 1. The number of benzene rings is 1. The number of anilines is 1. The van der Waals surface area contributed by atoms with Crippen molar-refractivity contribution < 1.29 is 0 Å². The van der Waals surface area contributed by atoms with Crippen LogP contribution in [0, 0.1) is 0 Å². The number of aromatic nitrogens is 1. The molecule has 0 saturated heterocycles. The molecular weight excluding hydrogens is 258 g/mol. The van der Waals surface area contributed by atoms with Crippen LogP contribution in [0.2, 0.25) is 0 Å². The van der Waals surface area contributed by atoms with E-state index in [1.807, 2.05) is 6.07 Å². The highest BCUT2D eigenvalue weighted by molar-refractivity contribution is 5.38. The molecule has 0 fully saturated rings. The maximum absolute atomic E-state index is 5.90. The number of nitrogens with zero attached hydrogens (tertiary/aromatic N) is 1. The van der Waals surface area contributed by atoms with E-state index in [-0.39, 0.29) is 0 Å². The van der Waals surface area contributed by atoms with E-state index in [9.17, 15) is 0 Å². The van der Waals surface area contributed by atoms with Gasteiger partial charge in [0.05, 0.1) is 0 Å². The molecule has 112 valence electrons. The van der Waals surface area contributed by atoms with Crippen LogP contribution in [0.4, 0.5) is 5.82 Å². The second-order valence-corrected chi connectivity index (χ2v) is 5.36. The van der Waals surface area contributed by atoms with Crippen LogP contribution in [0.15, 0.2) is 48.7 Å². The van der Waals surface area contributed by atoms with Gasteiger partial charge < -0.3 is 11.1 Å². The molecule has 0 aliphatic rings. The van der Waals surface area contributed by atoms with Gasteiger partial charge in [0.15, 0.2) is 0 Å². The van der Waals surface area contributed by atoms with Crippen molar-refractivity contribution in [1.82, 2.24) is 10.3 Å². The van der Waals surface area contributed by atoms with E-state index in [1.54, 1.807) is 6.20 Å². The Morgan fingerprint density at radius 2 is 1.95 bits per heavy atom. The highest BCUT2D eigenvalue weighted by Gasteiger charge is 2.10. The van der Waals surface area contributed by atoms with Crippen molar-refractivity contribution in [3.05, 3.63) is 59.8 Å². The van der Waals surface area contributed by atoms with E-state index in [0.717, 1.165) is 37.8 Å². The fourth-order valence-electron chi connectivity index (χ4n) is 2.55. The lowest BCUT2D eigenvalue weighted by Gasteiger charge is -2.19. The van der Waals surface area contributed by atoms with Gasteiger partial charge in [0.25, 0.3) is 0 Å². The molecule has 21 heavy (non-hydrogen) atoms. The number of hydrogen-bond acceptors (Lipinski definition) is 3. The van der Waals surface area contributed by atoms with Crippen molar-refractivity contribution in [2.45, 2.75) is 38.6 Å². The SMILES string of the molecule is CCCNC(CCCc1cccnc1N)c1ccccc1. The largest absolute Gasteiger partial charge is 0.383 e. The van der Waals surface area contributed by atoms with Gasteiger partial charge in [-0.3, -0.25) is 0 Å². The Hall–Kier alpha value is -1.87. The van der Waals surface area contributed by atoms with Crippen LogP contribution in [0.1, 0.15) is 43.4 Å². The molecule has 0 radical (unpaired) electrons. The molecule has 0 aliphatic carbocycles. The molecule has 1 atom stereocenters. The summed E-state index contributed by atoms with van der Waals surface area (Å²) in [6.45, 7) is 3.25. The summed E-state index contributed by atoms with van der Waals surface area (Å²) in [5.74, 6) is 0.662. The summed E-state index contributed by atoms with van der Waals surface area (Å²) < 4.78 is 0. The van der Waals surface area contributed by atoms with E-state index in [0.29, 0.717) is 11.9 Å². The lowest BCUT2D eigenvalue weighted by Crippen LogP contribution is -2.22. The summed E-state index contributed by atoms with van der Waals surface area (Å²) in [6.07, 6.45) is 6.09. The number of nitrogens with one attached hydrogen (secondary N) is 1. The molecule has 1 aromatic carbocycles. The van der Waals surface area contributed by atoms with Crippen molar-refractivity contribution >= 4 is 5.82 Å². The molecule has 1 unspecified atom stereocenters. The van der Waals surface area contributed by atoms with Crippen LogP contribution in [0.5, 0.6) is 0 Å². The summed E-state index contributed by atoms with van der Waals surface area (Å²) in [5.41, 5.74) is 8.42. The minimum atomic E-state index is 0.420. The van der Waals surface area contributed by atoms with Crippen LogP contribution in [0.25, 0.3) is 0 Å². The molecule has 2 aromatic rings. The monoisotopic (exact) mass is 283 g/mol. The first-order chi connectivity index (χ1) is 10.3. The maximum Gasteiger partial charge on any atom is 0.126 e. The van der Waals surface area contributed by atoms with Gasteiger partial charge in [-0.05, 0) is 49.4 Å². The third-order valence-corrected chi connectivity index (χ3v) is 3.71. The predicted molar refractivity (Wildman–Crippen MR) is 89.1 cm³/mol. The molecule has 2 rings (SSSR count). The van der Waals surface area contributed by atoms with Crippen LogP contribution in [-0.2, 0) is 6.42 Å². The highest BCUT2D eigenvalue weighted by Crippen LogP contribution is 2.20. The van der Waals surface area contributed by atoms with Gasteiger partial charge in [-0.15, -0.1) is 0 Å². The molecular formula is C18H25N3. The Balaban J connectivity index is 1.92. The summed E-state index contributed by atoms with van der Waals surface area (Å²) in [7, 11) is 0. The third-order valence-electron chi connectivity index (χ3n) is 3.71. The zero-order chi connectivity index (χ0) is 14.9. The maximum atomic E-state index is 5.90. The van der Waals surface area contributed by atoms with Gasteiger partial charge in [-0.25, -0.2) is 4.98 Å². The lowest BCUT2D eigenvalue weighted by molar-refractivity contribution is 0.484. The standard InChI is InChI=1S/C18H25N3/c1-2-13-20-17(15-8-4-3-5-9-15)12-6-10-16-11-7-14-21-18(16)19/h3-5,7-9,11,14,17,20H,2,6,10,12-13H2,1H3,(H2,19,21). The van der Waals surface area contributed by atoms with Crippen LogP contribution >= 0.6 is 0 Å². The van der Waals surface area contributed by atoms with Gasteiger partial charge in [0.1, 0.15) is 5.82 Å². The second-order valence-electron chi connectivity index (χ2n) is 5.36. The Morgan fingerprint density at radius 1 is 1.14 bits per heavy atom. The minimum Gasteiger partial charge on any atom is -0.383 e. The number of nitrogen functional groups attached to an aromatic ring is 1.